The number of rotatable bonds is 5. The highest BCUT2D eigenvalue weighted by atomic mass is 32.2. The number of hydrogen-bond donors (Lipinski definition) is 1. The van der Waals surface area contributed by atoms with E-state index in [0.29, 0.717) is 19.0 Å². The fraction of sp³-hybridized carbons (Fsp3) is 0.647. The van der Waals surface area contributed by atoms with Crippen LogP contribution in [-0.4, -0.2) is 43.8 Å². The lowest BCUT2D eigenvalue weighted by Crippen LogP contribution is -2.33. The van der Waals surface area contributed by atoms with E-state index in [1.807, 2.05) is 11.7 Å². The number of aromatic nitrogens is 3. The lowest BCUT2D eigenvalue weighted by Gasteiger charge is -2.25. The first-order valence-corrected chi connectivity index (χ1v) is 10.0. The molecular weight excluding hydrogens is 336 g/mol. The number of carbonyl (C=O) groups excluding carboxylic acids is 1. The van der Waals surface area contributed by atoms with Crippen molar-refractivity contribution >= 4 is 22.8 Å². The molecular formula is C17H24N6OS. The van der Waals surface area contributed by atoms with Crippen LogP contribution in [0.5, 0.6) is 0 Å². The predicted molar refractivity (Wildman–Crippen MR) is 97.9 cm³/mol. The molecule has 0 atom stereocenters. The summed E-state index contributed by atoms with van der Waals surface area (Å²) in [6.45, 7) is 2.29. The summed E-state index contributed by atoms with van der Waals surface area (Å²) in [6.07, 6.45) is 9.46. The van der Waals surface area contributed by atoms with Gasteiger partial charge in [0.1, 0.15) is 6.33 Å². The third kappa shape index (κ3) is 3.73. The highest BCUT2D eigenvalue weighted by molar-refractivity contribution is 8.16. The van der Waals surface area contributed by atoms with E-state index < -0.39 is 0 Å². The van der Waals surface area contributed by atoms with E-state index >= 15 is 0 Å². The Hall–Kier alpha value is -1.83. The molecule has 0 unspecified atom stereocenters. The lowest BCUT2D eigenvalue weighted by molar-refractivity contribution is -0.120. The van der Waals surface area contributed by atoms with Crippen molar-refractivity contribution < 1.29 is 4.79 Å². The van der Waals surface area contributed by atoms with Gasteiger partial charge in [0.2, 0.25) is 5.91 Å². The summed E-state index contributed by atoms with van der Waals surface area (Å²) in [7, 11) is 0. The molecule has 1 aliphatic carbocycles. The minimum atomic E-state index is 0.0249. The summed E-state index contributed by atoms with van der Waals surface area (Å²) in [5.74, 6) is 0.882. The van der Waals surface area contributed by atoms with Crippen LogP contribution in [0.25, 0.3) is 0 Å². The van der Waals surface area contributed by atoms with Crippen LogP contribution in [0.2, 0.25) is 0 Å². The fourth-order valence-electron chi connectivity index (χ4n) is 3.74. The zero-order valence-corrected chi connectivity index (χ0v) is 15.2. The molecule has 3 aliphatic rings. The second-order valence-corrected chi connectivity index (χ2v) is 7.63. The molecule has 7 nitrogen and oxygen atoms in total. The zero-order valence-electron chi connectivity index (χ0n) is 14.4. The van der Waals surface area contributed by atoms with Crippen LogP contribution in [0.4, 0.5) is 0 Å². The van der Waals surface area contributed by atoms with Gasteiger partial charge in [-0.05, 0) is 24.7 Å². The number of thioether (sulfide) groups is 1. The number of nitrogens with one attached hydrogen (secondary N) is 1. The lowest BCUT2D eigenvalue weighted by atomic mass is 9.95. The third-order valence-electron chi connectivity index (χ3n) is 5.07. The summed E-state index contributed by atoms with van der Waals surface area (Å²) >= 11 is 1.62. The summed E-state index contributed by atoms with van der Waals surface area (Å²) in [6, 6.07) is 0.483. The molecule has 1 aromatic heterocycles. The van der Waals surface area contributed by atoms with Crippen LogP contribution >= 0.6 is 11.8 Å². The van der Waals surface area contributed by atoms with Gasteiger partial charge >= 0.3 is 0 Å². The van der Waals surface area contributed by atoms with Gasteiger partial charge in [0.05, 0.1) is 13.0 Å². The number of carbonyl (C=O) groups is 1. The SMILES string of the molecule is O=C(CC1=CSC2=NCCCN12)NCc1nncn1C1CCCCC1. The van der Waals surface area contributed by atoms with Crippen LogP contribution in [0, 0.1) is 0 Å². The first-order valence-electron chi connectivity index (χ1n) is 9.14. The highest BCUT2D eigenvalue weighted by Gasteiger charge is 2.26. The second kappa shape index (κ2) is 7.59. The maximum absolute atomic E-state index is 12.4. The molecule has 0 bridgehead atoms. The van der Waals surface area contributed by atoms with Crippen LogP contribution in [0.15, 0.2) is 22.4 Å². The molecule has 0 saturated heterocycles. The average Bonchev–Trinajstić information content (AvgIpc) is 3.28. The van der Waals surface area contributed by atoms with E-state index in [-0.39, 0.29) is 5.91 Å². The van der Waals surface area contributed by atoms with Gasteiger partial charge in [-0.2, -0.15) is 0 Å². The maximum atomic E-state index is 12.4. The summed E-state index contributed by atoms with van der Waals surface area (Å²) in [4.78, 5) is 19.0. The van der Waals surface area contributed by atoms with Crippen LogP contribution in [0.1, 0.15) is 56.8 Å². The molecule has 1 aromatic rings. The Morgan fingerprint density at radius 3 is 3.04 bits per heavy atom. The molecule has 0 spiro atoms. The summed E-state index contributed by atoms with van der Waals surface area (Å²) in [5.41, 5.74) is 1.05. The van der Waals surface area contributed by atoms with Crippen molar-refractivity contribution in [1.29, 1.82) is 0 Å². The Labute approximate surface area is 152 Å². The minimum absolute atomic E-state index is 0.0249. The molecule has 8 heteroatoms. The fourth-order valence-corrected chi connectivity index (χ4v) is 4.69. The van der Waals surface area contributed by atoms with E-state index in [9.17, 15) is 4.79 Å². The van der Waals surface area contributed by atoms with Crippen LogP contribution < -0.4 is 5.32 Å². The summed E-state index contributed by atoms with van der Waals surface area (Å²) in [5, 5.41) is 14.4. The zero-order chi connectivity index (χ0) is 17.1. The standard InChI is InChI=1S/C17H24N6OS/c24-16(9-14-11-25-17-18-7-4-8-22(14)17)19-10-15-21-20-12-23(15)13-5-2-1-3-6-13/h11-13H,1-10H2,(H,19,24). The predicted octanol–water partition coefficient (Wildman–Crippen LogP) is 2.44. The van der Waals surface area contributed by atoms with Crippen molar-refractivity contribution in [3.63, 3.8) is 0 Å². The molecule has 25 heavy (non-hydrogen) atoms. The number of amides is 1. The third-order valence-corrected chi connectivity index (χ3v) is 6.02. The van der Waals surface area contributed by atoms with Crippen molar-refractivity contribution in [2.75, 3.05) is 13.1 Å². The smallest absolute Gasteiger partial charge is 0.226 e. The number of hydrogen-bond acceptors (Lipinski definition) is 6. The van der Waals surface area contributed by atoms with Gasteiger partial charge < -0.3 is 14.8 Å². The molecule has 0 radical (unpaired) electrons. The molecule has 2 aliphatic heterocycles. The molecule has 1 N–H and O–H groups in total. The van der Waals surface area contributed by atoms with Crippen molar-refractivity contribution in [3.05, 3.63) is 23.3 Å². The Kier molecular flexibility index (Phi) is 5.05. The number of aliphatic imine (C=N–C) groups is 1. The number of fused-ring (bicyclic) bond motifs is 1. The number of nitrogens with zero attached hydrogens (tertiary/aromatic N) is 5. The van der Waals surface area contributed by atoms with Gasteiger partial charge in [-0.25, -0.2) is 0 Å². The van der Waals surface area contributed by atoms with E-state index in [1.165, 1.54) is 32.1 Å². The molecule has 1 saturated carbocycles. The Bertz CT molecular complexity index is 691. The normalized spacial score (nSPS) is 20.9. The van der Waals surface area contributed by atoms with E-state index in [0.717, 1.165) is 36.2 Å². The van der Waals surface area contributed by atoms with Crippen LogP contribution in [0.3, 0.4) is 0 Å². The Balaban J connectivity index is 1.32. The van der Waals surface area contributed by atoms with Gasteiger partial charge in [-0.1, -0.05) is 31.0 Å². The van der Waals surface area contributed by atoms with Crippen molar-refractivity contribution in [2.45, 2.75) is 57.5 Å². The highest BCUT2D eigenvalue weighted by Crippen LogP contribution is 2.31. The Morgan fingerprint density at radius 1 is 1.28 bits per heavy atom. The van der Waals surface area contributed by atoms with Crippen LogP contribution in [-0.2, 0) is 11.3 Å². The van der Waals surface area contributed by atoms with Gasteiger partial charge in [0.15, 0.2) is 11.0 Å². The largest absolute Gasteiger partial charge is 0.348 e. The second-order valence-electron chi connectivity index (χ2n) is 6.80. The monoisotopic (exact) mass is 360 g/mol. The van der Waals surface area contributed by atoms with Crippen molar-refractivity contribution in [3.8, 4) is 0 Å². The topological polar surface area (TPSA) is 75.4 Å². The maximum Gasteiger partial charge on any atom is 0.226 e. The molecule has 1 amide bonds. The quantitative estimate of drug-likeness (QED) is 0.873. The molecule has 3 heterocycles. The van der Waals surface area contributed by atoms with Gasteiger partial charge in [-0.15, -0.1) is 10.2 Å². The van der Waals surface area contributed by atoms with Crippen molar-refractivity contribution in [2.24, 2.45) is 4.99 Å². The van der Waals surface area contributed by atoms with E-state index in [4.69, 9.17) is 0 Å². The van der Waals surface area contributed by atoms with Gasteiger partial charge in [0, 0.05) is 24.8 Å². The first-order chi connectivity index (χ1) is 12.3. The first kappa shape index (κ1) is 16.6. The Morgan fingerprint density at radius 2 is 2.16 bits per heavy atom. The minimum Gasteiger partial charge on any atom is -0.348 e. The molecule has 1 fully saturated rings. The van der Waals surface area contributed by atoms with Gasteiger partial charge in [-0.3, -0.25) is 9.79 Å². The van der Waals surface area contributed by atoms with Crippen molar-refractivity contribution in [1.82, 2.24) is 25.0 Å². The van der Waals surface area contributed by atoms with E-state index in [1.54, 1.807) is 11.8 Å². The van der Waals surface area contributed by atoms with E-state index in [2.05, 4.69) is 30.0 Å². The molecule has 134 valence electrons. The average molecular weight is 360 g/mol. The summed E-state index contributed by atoms with van der Waals surface area (Å²) < 4.78 is 2.15. The van der Waals surface area contributed by atoms with Gasteiger partial charge in [0.25, 0.3) is 0 Å². The molecule has 0 aromatic carbocycles. The number of amidine groups is 1. The molecule has 4 rings (SSSR count).